The van der Waals surface area contributed by atoms with E-state index in [9.17, 15) is 4.79 Å². The summed E-state index contributed by atoms with van der Waals surface area (Å²) < 4.78 is 1.80. The summed E-state index contributed by atoms with van der Waals surface area (Å²) in [7, 11) is 0. The lowest BCUT2D eigenvalue weighted by Gasteiger charge is -1.96. The summed E-state index contributed by atoms with van der Waals surface area (Å²) in [5.74, 6) is 0.950. The first-order valence-corrected chi connectivity index (χ1v) is 4.99. The number of thioether (sulfide) groups is 1. The maximum absolute atomic E-state index is 11.3. The number of imidazole rings is 1. The highest BCUT2D eigenvalue weighted by molar-refractivity contribution is 7.99. The molecule has 2 aromatic heterocycles. The minimum absolute atomic E-state index is 0. The molecule has 0 aliphatic heterocycles. The molecule has 76 valence electrons. The van der Waals surface area contributed by atoms with E-state index in [1.807, 2.05) is 6.20 Å². The van der Waals surface area contributed by atoms with Crippen molar-refractivity contribution in [3.63, 3.8) is 0 Å². The van der Waals surface area contributed by atoms with Crippen LogP contribution in [0.2, 0.25) is 0 Å². The Hall–Kier alpha value is -0.940. The van der Waals surface area contributed by atoms with E-state index in [1.54, 1.807) is 28.6 Å². The van der Waals surface area contributed by atoms with Crippen LogP contribution in [0.4, 0.5) is 0 Å². The molecule has 6 heteroatoms. The quantitative estimate of drug-likeness (QED) is 0.798. The first-order chi connectivity index (χ1) is 6.33. The second-order valence-electron chi connectivity index (χ2n) is 2.52. The van der Waals surface area contributed by atoms with Crippen molar-refractivity contribution in [1.82, 2.24) is 14.4 Å². The van der Waals surface area contributed by atoms with E-state index in [2.05, 4.69) is 16.9 Å². The number of nitrogens with zero attached hydrogens (tertiary/aromatic N) is 2. The molecular formula is C8H10ClN3OS. The molecule has 2 heterocycles. The Bertz CT molecular complexity index is 479. The Balaban J connectivity index is 0.000000980. The fraction of sp³-hybridized carbons (Fsp3) is 0.250. The Kier molecular flexibility index (Phi) is 3.60. The molecule has 0 aliphatic carbocycles. The van der Waals surface area contributed by atoms with Gasteiger partial charge in [-0.15, -0.1) is 12.4 Å². The molecule has 0 radical (unpaired) electrons. The van der Waals surface area contributed by atoms with Crippen molar-refractivity contribution in [1.29, 1.82) is 0 Å². The standard InChI is InChI=1S/C8H9N3OS.ClH/c1-2-13-8-10-5-6-7(12)9-3-4-11(6)8;/h3-5H,2H2,1H3,(H,9,12);1H. The number of hydrogen-bond acceptors (Lipinski definition) is 3. The van der Waals surface area contributed by atoms with Gasteiger partial charge in [-0.3, -0.25) is 9.20 Å². The van der Waals surface area contributed by atoms with E-state index in [0.717, 1.165) is 10.9 Å². The number of aromatic nitrogens is 3. The molecule has 0 saturated heterocycles. The van der Waals surface area contributed by atoms with E-state index in [-0.39, 0.29) is 18.0 Å². The largest absolute Gasteiger partial charge is 0.326 e. The molecule has 2 aromatic rings. The summed E-state index contributed by atoms with van der Waals surface area (Å²) >= 11 is 1.62. The maximum atomic E-state index is 11.3. The zero-order chi connectivity index (χ0) is 9.26. The number of H-pyrrole nitrogens is 1. The first kappa shape index (κ1) is 11.1. The Morgan fingerprint density at radius 1 is 1.64 bits per heavy atom. The van der Waals surface area contributed by atoms with E-state index in [4.69, 9.17) is 0 Å². The van der Waals surface area contributed by atoms with Crippen LogP contribution in [0.25, 0.3) is 5.52 Å². The molecule has 14 heavy (non-hydrogen) atoms. The fourth-order valence-electron chi connectivity index (χ4n) is 1.15. The van der Waals surface area contributed by atoms with Crippen molar-refractivity contribution < 1.29 is 0 Å². The third-order valence-corrected chi connectivity index (χ3v) is 2.56. The van der Waals surface area contributed by atoms with Crippen LogP contribution < -0.4 is 5.56 Å². The van der Waals surface area contributed by atoms with Crippen LogP contribution in [0.15, 0.2) is 28.5 Å². The SMILES string of the molecule is CCSc1ncc2c(=O)[nH]ccn12.Cl. The number of halogens is 1. The minimum atomic E-state index is -0.0991. The number of fused-ring (bicyclic) bond motifs is 1. The molecule has 0 amide bonds. The highest BCUT2D eigenvalue weighted by Crippen LogP contribution is 2.15. The summed E-state index contributed by atoms with van der Waals surface area (Å²) in [5, 5.41) is 0.864. The zero-order valence-corrected chi connectivity index (χ0v) is 9.19. The summed E-state index contributed by atoms with van der Waals surface area (Å²) in [6.45, 7) is 2.05. The molecule has 0 aromatic carbocycles. The third kappa shape index (κ3) is 1.78. The molecule has 0 spiro atoms. The highest BCUT2D eigenvalue weighted by atomic mass is 35.5. The number of hydrogen-bond donors (Lipinski definition) is 1. The summed E-state index contributed by atoms with van der Waals surface area (Å²) in [5.41, 5.74) is 0.497. The summed E-state index contributed by atoms with van der Waals surface area (Å²) in [6.07, 6.45) is 5.02. The van der Waals surface area contributed by atoms with Crippen LogP contribution in [-0.2, 0) is 0 Å². The Morgan fingerprint density at radius 2 is 2.43 bits per heavy atom. The molecule has 0 aliphatic rings. The predicted molar refractivity (Wildman–Crippen MR) is 59.5 cm³/mol. The smallest absolute Gasteiger partial charge is 0.273 e. The van der Waals surface area contributed by atoms with Gasteiger partial charge in [0.25, 0.3) is 5.56 Å². The monoisotopic (exact) mass is 231 g/mol. The third-order valence-electron chi connectivity index (χ3n) is 1.71. The topological polar surface area (TPSA) is 50.2 Å². The lowest BCUT2D eigenvalue weighted by molar-refractivity contribution is 0.940. The predicted octanol–water partition coefficient (Wildman–Crippen LogP) is 1.56. The second kappa shape index (κ2) is 4.52. The van der Waals surface area contributed by atoms with Crippen LogP contribution in [-0.4, -0.2) is 20.1 Å². The molecule has 0 atom stereocenters. The van der Waals surface area contributed by atoms with Gasteiger partial charge in [0.1, 0.15) is 5.52 Å². The molecular weight excluding hydrogens is 222 g/mol. The molecule has 1 N–H and O–H groups in total. The van der Waals surface area contributed by atoms with Gasteiger partial charge < -0.3 is 4.98 Å². The van der Waals surface area contributed by atoms with Crippen LogP contribution >= 0.6 is 24.2 Å². The van der Waals surface area contributed by atoms with Crippen molar-refractivity contribution in [2.75, 3.05) is 5.75 Å². The van der Waals surface area contributed by atoms with E-state index in [1.165, 1.54) is 0 Å². The Morgan fingerprint density at radius 3 is 3.14 bits per heavy atom. The van der Waals surface area contributed by atoms with Crippen LogP contribution in [0, 0.1) is 0 Å². The van der Waals surface area contributed by atoms with E-state index in [0.29, 0.717) is 5.52 Å². The normalized spacial score (nSPS) is 10.1. The average molecular weight is 232 g/mol. The van der Waals surface area contributed by atoms with Gasteiger partial charge in [0.2, 0.25) is 0 Å². The molecule has 0 unspecified atom stereocenters. The first-order valence-electron chi connectivity index (χ1n) is 4.00. The van der Waals surface area contributed by atoms with Crippen molar-refractivity contribution >= 4 is 29.7 Å². The van der Waals surface area contributed by atoms with Gasteiger partial charge in [0, 0.05) is 12.4 Å². The van der Waals surface area contributed by atoms with Crippen LogP contribution in [0.3, 0.4) is 0 Å². The summed E-state index contributed by atoms with van der Waals surface area (Å²) in [4.78, 5) is 18.0. The van der Waals surface area contributed by atoms with Gasteiger partial charge in [0.05, 0.1) is 6.20 Å². The number of aromatic amines is 1. The van der Waals surface area contributed by atoms with Gasteiger partial charge in [-0.2, -0.15) is 0 Å². The average Bonchev–Trinajstić information content (AvgIpc) is 2.51. The molecule has 4 nitrogen and oxygen atoms in total. The molecule has 0 saturated carbocycles. The van der Waals surface area contributed by atoms with Gasteiger partial charge >= 0.3 is 0 Å². The van der Waals surface area contributed by atoms with Gasteiger partial charge in [0.15, 0.2) is 5.16 Å². The lowest BCUT2D eigenvalue weighted by Crippen LogP contribution is -2.07. The van der Waals surface area contributed by atoms with E-state index < -0.39 is 0 Å². The van der Waals surface area contributed by atoms with Crippen LogP contribution in [0.1, 0.15) is 6.92 Å². The van der Waals surface area contributed by atoms with Crippen molar-refractivity contribution in [3.05, 3.63) is 28.9 Å². The van der Waals surface area contributed by atoms with Crippen LogP contribution in [0.5, 0.6) is 0 Å². The van der Waals surface area contributed by atoms with Crippen molar-refractivity contribution in [3.8, 4) is 0 Å². The maximum Gasteiger partial charge on any atom is 0.273 e. The highest BCUT2D eigenvalue weighted by Gasteiger charge is 2.04. The van der Waals surface area contributed by atoms with E-state index >= 15 is 0 Å². The van der Waals surface area contributed by atoms with Crippen molar-refractivity contribution in [2.45, 2.75) is 12.1 Å². The number of rotatable bonds is 2. The lowest BCUT2D eigenvalue weighted by atomic mass is 10.6. The molecule has 0 fully saturated rings. The number of nitrogens with one attached hydrogen (secondary N) is 1. The summed E-state index contributed by atoms with van der Waals surface area (Å²) in [6, 6.07) is 0. The Labute approximate surface area is 91.2 Å². The van der Waals surface area contributed by atoms with Gasteiger partial charge in [-0.25, -0.2) is 4.98 Å². The molecule has 0 bridgehead atoms. The molecule has 2 rings (SSSR count). The second-order valence-corrected chi connectivity index (χ2v) is 3.75. The van der Waals surface area contributed by atoms with Crippen molar-refractivity contribution in [2.24, 2.45) is 0 Å². The minimum Gasteiger partial charge on any atom is -0.326 e. The van der Waals surface area contributed by atoms with Gasteiger partial charge in [-0.1, -0.05) is 18.7 Å². The van der Waals surface area contributed by atoms with Gasteiger partial charge in [-0.05, 0) is 5.75 Å². The fourth-order valence-corrected chi connectivity index (χ4v) is 1.84. The zero-order valence-electron chi connectivity index (χ0n) is 7.56.